The van der Waals surface area contributed by atoms with Crippen LogP contribution in [0.4, 0.5) is 5.69 Å². The number of rotatable bonds is 3. The molecule has 0 amide bonds. The van der Waals surface area contributed by atoms with E-state index in [1.807, 2.05) is 0 Å². The Labute approximate surface area is 213 Å². The minimum Gasteiger partial charge on any atom is -0.258 e. The van der Waals surface area contributed by atoms with E-state index in [0.29, 0.717) is 0 Å². The molecule has 0 N–H and O–H groups in total. The van der Waals surface area contributed by atoms with Gasteiger partial charge in [0.1, 0.15) is 0 Å². The van der Waals surface area contributed by atoms with Crippen LogP contribution in [-0.4, -0.2) is 6.66 Å². The molecule has 3 aromatic rings. The molecule has 1 aliphatic heterocycles. The molecule has 0 spiro atoms. The van der Waals surface area contributed by atoms with Gasteiger partial charge in [0.05, 0.1) is 5.69 Å². The first-order valence-electron chi connectivity index (χ1n) is 12.8. The molecular weight excluding hydrogens is 441 g/mol. The SMILES string of the molecule is CC(C)(C)c1cc(C(C)(C)C)c(N=P2(C)C(c3ccccc3)=C2c2ccccc2)c(C(C)(C)C)c1. The van der Waals surface area contributed by atoms with Crippen molar-refractivity contribution in [1.29, 1.82) is 0 Å². The van der Waals surface area contributed by atoms with Crippen LogP contribution in [0.15, 0.2) is 77.5 Å². The largest absolute Gasteiger partial charge is 0.258 e. The molecule has 184 valence electrons. The maximum Gasteiger partial charge on any atom is 0.0696 e. The van der Waals surface area contributed by atoms with Crippen LogP contribution in [0.1, 0.15) is 90.1 Å². The van der Waals surface area contributed by atoms with Gasteiger partial charge in [0.2, 0.25) is 0 Å². The third-order valence-electron chi connectivity index (χ3n) is 7.03. The first-order chi connectivity index (χ1) is 16.1. The Bertz CT molecular complexity index is 1230. The van der Waals surface area contributed by atoms with Crippen LogP contribution in [0, 0.1) is 0 Å². The molecule has 0 bridgehead atoms. The lowest BCUT2D eigenvalue weighted by molar-refractivity contribution is 0.550. The smallest absolute Gasteiger partial charge is 0.0696 e. The highest BCUT2D eigenvalue weighted by atomic mass is 31.2. The van der Waals surface area contributed by atoms with Crippen molar-refractivity contribution in [2.45, 2.75) is 78.6 Å². The van der Waals surface area contributed by atoms with Crippen molar-refractivity contribution in [3.8, 4) is 0 Å². The summed E-state index contributed by atoms with van der Waals surface area (Å²) in [4.78, 5) is 0. The van der Waals surface area contributed by atoms with E-state index in [1.54, 1.807) is 0 Å². The van der Waals surface area contributed by atoms with Crippen molar-refractivity contribution in [2.24, 2.45) is 4.74 Å². The van der Waals surface area contributed by atoms with Crippen LogP contribution in [0.2, 0.25) is 0 Å². The van der Waals surface area contributed by atoms with Crippen LogP contribution in [-0.2, 0) is 16.2 Å². The third-order valence-corrected chi connectivity index (χ3v) is 10.1. The fourth-order valence-electron chi connectivity index (χ4n) is 4.90. The van der Waals surface area contributed by atoms with Crippen molar-refractivity contribution >= 4 is 23.4 Å². The molecule has 4 rings (SSSR count). The molecule has 0 saturated carbocycles. The Hall–Kier alpha value is -2.37. The van der Waals surface area contributed by atoms with Gasteiger partial charge in [-0.3, -0.25) is 4.74 Å². The predicted molar refractivity (Wildman–Crippen MR) is 157 cm³/mol. The van der Waals surface area contributed by atoms with Gasteiger partial charge in [-0.1, -0.05) is 135 Å². The van der Waals surface area contributed by atoms with E-state index >= 15 is 0 Å². The van der Waals surface area contributed by atoms with Crippen molar-refractivity contribution < 1.29 is 0 Å². The number of hydrogen-bond acceptors (Lipinski definition) is 1. The van der Waals surface area contributed by atoms with Crippen LogP contribution < -0.4 is 0 Å². The lowest BCUT2D eigenvalue weighted by Gasteiger charge is -2.32. The summed E-state index contributed by atoms with van der Waals surface area (Å²) >= 11 is 0. The molecule has 2 heteroatoms. The number of benzene rings is 3. The summed E-state index contributed by atoms with van der Waals surface area (Å²) in [5.41, 5.74) is 8.03. The number of nitrogens with zero attached hydrogens (tertiary/aromatic N) is 1. The van der Waals surface area contributed by atoms with Gasteiger partial charge in [0.15, 0.2) is 0 Å². The van der Waals surface area contributed by atoms with Crippen molar-refractivity contribution in [2.75, 3.05) is 6.66 Å². The Balaban J connectivity index is 2.05. The molecule has 0 radical (unpaired) electrons. The average molecular weight is 484 g/mol. The van der Waals surface area contributed by atoms with Gasteiger partial charge >= 0.3 is 0 Å². The van der Waals surface area contributed by atoms with Crippen LogP contribution >= 0.6 is 7.05 Å². The summed E-state index contributed by atoms with van der Waals surface area (Å²) < 4.78 is 5.81. The van der Waals surface area contributed by atoms with Gasteiger partial charge in [0, 0.05) is 17.7 Å². The first kappa shape index (κ1) is 25.7. The zero-order chi connectivity index (χ0) is 25.8. The molecule has 0 aromatic heterocycles. The molecule has 35 heavy (non-hydrogen) atoms. The fourth-order valence-corrected chi connectivity index (χ4v) is 8.35. The molecule has 0 saturated heterocycles. The summed E-state index contributed by atoms with van der Waals surface area (Å²) in [6.07, 6.45) is 0. The van der Waals surface area contributed by atoms with Gasteiger partial charge in [-0.15, -0.1) is 0 Å². The number of hydrogen-bond donors (Lipinski definition) is 0. The lowest BCUT2D eigenvalue weighted by Crippen LogP contribution is -2.21. The van der Waals surface area contributed by atoms with Crippen molar-refractivity contribution in [3.63, 3.8) is 0 Å². The van der Waals surface area contributed by atoms with E-state index in [-0.39, 0.29) is 16.2 Å². The average Bonchev–Trinajstić information content (AvgIpc) is 3.37. The topological polar surface area (TPSA) is 12.4 Å². The highest BCUT2D eigenvalue weighted by Crippen LogP contribution is 2.85. The highest BCUT2D eigenvalue weighted by Gasteiger charge is 2.44. The summed E-state index contributed by atoms with van der Waals surface area (Å²) in [5.74, 6) is 0. The molecule has 0 aliphatic carbocycles. The van der Waals surface area contributed by atoms with Crippen molar-refractivity contribution in [3.05, 3.63) is 101 Å². The lowest BCUT2D eigenvalue weighted by atomic mass is 9.74. The summed E-state index contributed by atoms with van der Waals surface area (Å²) in [5, 5.41) is 2.90. The quantitative estimate of drug-likeness (QED) is 0.329. The minimum atomic E-state index is -1.84. The zero-order valence-corrected chi connectivity index (χ0v) is 24.2. The van der Waals surface area contributed by atoms with Gasteiger partial charge in [0.25, 0.3) is 0 Å². The monoisotopic (exact) mass is 483 g/mol. The molecule has 1 nitrogen and oxygen atoms in total. The van der Waals surface area contributed by atoms with Gasteiger partial charge in [-0.05, 0) is 50.7 Å². The van der Waals surface area contributed by atoms with E-state index in [0.717, 1.165) is 0 Å². The van der Waals surface area contributed by atoms with Crippen LogP contribution in [0.5, 0.6) is 0 Å². The molecule has 0 atom stereocenters. The molecule has 3 aromatic carbocycles. The van der Waals surface area contributed by atoms with E-state index in [1.165, 1.54) is 44.1 Å². The maximum atomic E-state index is 5.81. The van der Waals surface area contributed by atoms with E-state index in [4.69, 9.17) is 4.74 Å². The Morgan fingerprint density at radius 3 is 1.23 bits per heavy atom. The zero-order valence-electron chi connectivity index (χ0n) is 23.3. The van der Waals surface area contributed by atoms with E-state index in [9.17, 15) is 0 Å². The predicted octanol–water partition coefficient (Wildman–Crippen LogP) is 10.6. The summed E-state index contributed by atoms with van der Waals surface area (Å²) in [7, 11) is -1.84. The third kappa shape index (κ3) is 4.99. The Morgan fingerprint density at radius 2 is 0.914 bits per heavy atom. The molecule has 0 fully saturated rings. The van der Waals surface area contributed by atoms with Crippen LogP contribution in [0.3, 0.4) is 0 Å². The molecular formula is C33H42NP. The summed E-state index contributed by atoms with van der Waals surface area (Å²) in [6.45, 7) is 23.3. The van der Waals surface area contributed by atoms with Crippen molar-refractivity contribution in [1.82, 2.24) is 0 Å². The minimum absolute atomic E-state index is 0.00488. The van der Waals surface area contributed by atoms with Crippen LogP contribution in [0.25, 0.3) is 10.6 Å². The van der Waals surface area contributed by atoms with Gasteiger partial charge in [-0.2, -0.15) is 0 Å². The van der Waals surface area contributed by atoms with E-state index in [2.05, 4.69) is 142 Å². The highest BCUT2D eigenvalue weighted by molar-refractivity contribution is 7.95. The Morgan fingerprint density at radius 1 is 0.543 bits per heavy atom. The molecule has 0 unspecified atom stereocenters. The Kier molecular flexibility index (Phi) is 6.34. The molecule has 1 heterocycles. The standard InChI is InChI=1S/C33H42NP/c1-31(2,3)25-21-26(32(4,5)6)28(27(22-25)33(7,8)9)34-35(10)29(23-17-13-11-14-18-23)30(35)24-19-15-12-16-20-24/h11-22H,1-10H3. The second-order valence-corrected chi connectivity index (χ2v) is 16.2. The second-order valence-electron chi connectivity index (χ2n) is 13.2. The van der Waals surface area contributed by atoms with Gasteiger partial charge < -0.3 is 0 Å². The second kappa shape index (κ2) is 8.63. The van der Waals surface area contributed by atoms with E-state index < -0.39 is 7.05 Å². The molecule has 1 aliphatic rings. The van der Waals surface area contributed by atoms with Gasteiger partial charge in [-0.25, -0.2) is 0 Å². The summed E-state index contributed by atoms with van der Waals surface area (Å²) in [6, 6.07) is 26.6. The fraction of sp³-hybridized carbons (Fsp3) is 0.394. The first-order valence-corrected chi connectivity index (χ1v) is 15.0. The normalized spacial score (nSPS) is 15.8. The maximum absolute atomic E-state index is 5.81.